The van der Waals surface area contributed by atoms with Gasteiger partial charge >= 0.3 is 5.63 Å². The third-order valence-electron chi connectivity index (χ3n) is 5.47. The standard InChI is InChI=1S/C20H21NO2S/c1-12-4-5-17-15(10-19(22)23-20(17)13(12)2)11-21-8-6-18-16(14(21)3)7-9-24-18/h4-5,7,9-10,14H,6,8,11H2,1-3H3/p+1/t14-/m1/s1. The molecule has 0 amide bonds. The van der Waals surface area contributed by atoms with Crippen molar-refractivity contribution in [2.45, 2.75) is 39.8 Å². The average molecular weight is 340 g/mol. The average Bonchev–Trinajstić information content (AvgIpc) is 3.03. The number of aryl methyl sites for hydroxylation is 2. The van der Waals surface area contributed by atoms with Crippen molar-refractivity contribution < 1.29 is 9.32 Å². The summed E-state index contributed by atoms with van der Waals surface area (Å²) in [6.45, 7) is 8.35. The number of rotatable bonds is 2. The summed E-state index contributed by atoms with van der Waals surface area (Å²) in [5, 5.41) is 3.27. The molecule has 2 atom stereocenters. The van der Waals surface area contributed by atoms with E-state index in [1.807, 2.05) is 18.3 Å². The molecule has 0 saturated carbocycles. The maximum absolute atomic E-state index is 12.1. The van der Waals surface area contributed by atoms with Gasteiger partial charge in [-0.15, -0.1) is 11.3 Å². The highest BCUT2D eigenvalue weighted by Gasteiger charge is 2.28. The molecule has 1 N–H and O–H groups in total. The fourth-order valence-corrected chi connectivity index (χ4v) is 4.79. The van der Waals surface area contributed by atoms with Crippen LogP contribution in [0.5, 0.6) is 0 Å². The number of fused-ring (bicyclic) bond motifs is 2. The molecule has 2 aromatic heterocycles. The number of benzene rings is 1. The molecule has 3 nitrogen and oxygen atoms in total. The van der Waals surface area contributed by atoms with E-state index in [2.05, 4.69) is 37.4 Å². The minimum atomic E-state index is -0.244. The molecule has 1 unspecified atom stereocenters. The summed E-state index contributed by atoms with van der Waals surface area (Å²) >= 11 is 1.87. The van der Waals surface area contributed by atoms with Gasteiger partial charge in [-0.1, -0.05) is 12.1 Å². The monoisotopic (exact) mass is 340 g/mol. The topological polar surface area (TPSA) is 34.7 Å². The lowest BCUT2D eigenvalue weighted by atomic mass is 9.99. The highest BCUT2D eigenvalue weighted by Crippen LogP contribution is 2.26. The van der Waals surface area contributed by atoms with Gasteiger partial charge in [0.05, 0.1) is 6.54 Å². The molecule has 0 aliphatic carbocycles. The fraction of sp³-hybridized carbons (Fsp3) is 0.350. The second-order valence-corrected chi connectivity index (χ2v) is 7.83. The van der Waals surface area contributed by atoms with Crippen LogP contribution in [0.15, 0.2) is 38.9 Å². The quantitative estimate of drug-likeness (QED) is 0.727. The van der Waals surface area contributed by atoms with E-state index in [-0.39, 0.29) is 5.63 Å². The molecule has 0 spiro atoms. The van der Waals surface area contributed by atoms with Gasteiger partial charge in [0.2, 0.25) is 0 Å². The summed E-state index contributed by atoms with van der Waals surface area (Å²) in [5.41, 5.74) is 5.30. The number of hydrogen-bond acceptors (Lipinski definition) is 3. The zero-order valence-corrected chi connectivity index (χ0v) is 15.1. The van der Waals surface area contributed by atoms with Gasteiger partial charge in [-0.05, 0) is 43.3 Å². The summed E-state index contributed by atoms with van der Waals surface area (Å²) in [6.07, 6.45) is 1.13. The molecule has 1 aliphatic rings. The Kier molecular flexibility index (Phi) is 3.82. The highest BCUT2D eigenvalue weighted by atomic mass is 32.1. The molecule has 0 saturated heterocycles. The van der Waals surface area contributed by atoms with Gasteiger partial charge in [0.25, 0.3) is 0 Å². The summed E-state index contributed by atoms with van der Waals surface area (Å²) in [5.74, 6) is 0. The largest absolute Gasteiger partial charge is 0.422 e. The van der Waals surface area contributed by atoms with Crippen LogP contribution < -0.4 is 10.5 Å². The van der Waals surface area contributed by atoms with Crippen molar-refractivity contribution in [3.8, 4) is 0 Å². The first-order valence-corrected chi connectivity index (χ1v) is 9.36. The maximum Gasteiger partial charge on any atom is 0.336 e. The van der Waals surface area contributed by atoms with Gasteiger partial charge in [-0.25, -0.2) is 4.79 Å². The van der Waals surface area contributed by atoms with Crippen LogP contribution in [0.2, 0.25) is 0 Å². The SMILES string of the molecule is Cc1ccc2c(C[NH+]3CCc4sccc4[C@H]3C)cc(=O)oc2c1C. The molecular formula is C20H22NO2S+. The summed E-state index contributed by atoms with van der Waals surface area (Å²) in [6, 6.07) is 8.62. The molecule has 0 radical (unpaired) electrons. The summed E-state index contributed by atoms with van der Waals surface area (Å²) in [4.78, 5) is 15.1. The van der Waals surface area contributed by atoms with Gasteiger partial charge in [0, 0.05) is 33.9 Å². The molecule has 4 rings (SSSR count). The fourth-order valence-electron chi connectivity index (χ4n) is 3.81. The van der Waals surface area contributed by atoms with Crippen molar-refractivity contribution in [3.63, 3.8) is 0 Å². The molecule has 24 heavy (non-hydrogen) atoms. The van der Waals surface area contributed by atoms with Crippen LogP contribution in [0.1, 0.15) is 40.1 Å². The van der Waals surface area contributed by atoms with Gasteiger partial charge in [0.15, 0.2) is 0 Å². The molecule has 4 heteroatoms. The van der Waals surface area contributed by atoms with Crippen molar-refractivity contribution in [1.82, 2.24) is 0 Å². The van der Waals surface area contributed by atoms with Crippen LogP contribution in [0.4, 0.5) is 0 Å². The number of quaternary nitrogens is 1. The Morgan fingerprint density at radius 2 is 2.12 bits per heavy atom. The van der Waals surface area contributed by atoms with E-state index in [0.717, 1.165) is 47.2 Å². The Morgan fingerprint density at radius 3 is 2.96 bits per heavy atom. The van der Waals surface area contributed by atoms with Crippen LogP contribution in [0.25, 0.3) is 11.0 Å². The molecule has 1 aromatic carbocycles. The zero-order chi connectivity index (χ0) is 16.8. The minimum Gasteiger partial charge on any atom is -0.422 e. The summed E-state index contributed by atoms with van der Waals surface area (Å²) in [7, 11) is 0. The van der Waals surface area contributed by atoms with Gasteiger partial charge < -0.3 is 9.32 Å². The number of hydrogen-bond donors (Lipinski definition) is 1. The third-order valence-corrected chi connectivity index (χ3v) is 6.46. The summed E-state index contributed by atoms with van der Waals surface area (Å²) < 4.78 is 5.51. The van der Waals surface area contributed by atoms with E-state index in [4.69, 9.17) is 4.42 Å². The molecule has 1 aliphatic heterocycles. The van der Waals surface area contributed by atoms with Crippen molar-refractivity contribution >= 4 is 22.3 Å². The molecule has 0 fully saturated rings. The van der Waals surface area contributed by atoms with Gasteiger partial charge in [0.1, 0.15) is 18.2 Å². The van der Waals surface area contributed by atoms with Crippen molar-refractivity contribution in [3.05, 3.63) is 67.2 Å². The predicted octanol–water partition coefficient (Wildman–Crippen LogP) is 3.17. The second-order valence-electron chi connectivity index (χ2n) is 6.83. The Morgan fingerprint density at radius 1 is 1.29 bits per heavy atom. The second kappa shape index (κ2) is 5.87. The Hall–Kier alpha value is -1.91. The smallest absolute Gasteiger partial charge is 0.336 e. The van der Waals surface area contributed by atoms with E-state index in [1.165, 1.54) is 15.3 Å². The van der Waals surface area contributed by atoms with Crippen LogP contribution in [-0.4, -0.2) is 6.54 Å². The first-order chi connectivity index (χ1) is 11.5. The minimum absolute atomic E-state index is 0.244. The molecule has 3 heterocycles. The number of nitrogens with one attached hydrogen (secondary N) is 1. The molecule has 0 bridgehead atoms. The maximum atomic E-state index is 12.1. The van der Waals surface area contributed by atoms with Crippen molar-refractivity contribution in [1.29, 1.82) is 0 Å². The van der Waals surface area contributed by atoms with Crippen molar-refractivity contribution in [2.24, 2.45) is 0 Å². The van der Waals surface area contributed by atoms with Crippen molar-refractivity contribution in [2.75, 3.05) is 6.54 Å². The third kappa shape index (κ3) is 2.50. The molecule has 3 aromatic rings. The van der Waals surface area contributed by atoms with Crippen LogP contribution in [0.3, 0.4) is 0 Å². The first-order valence-electron chi connectivity index (χ1n) is 8.48. The van der Waals surface area contributed by atoms with Crippen LogP contribution in [0, 0.1) is 13.8 Å². The molecule has 124 valence electrons. The van der Waals surface area contributed by atoms with Gasteiger partial charge in [-0.3, -0.25) is 0 Å². The van der Waals surface area contributed by atoms with E-state index in [0.29, 0.717) is 6.04 Å². The number of thiophene rings is 1. The predicted molar refractivity (Wildman–Crippen MR) is 97.9 cm³/mol. The van der Waals surface area contributed by atoms with Crippen LogP contribution in [-0.2, 0) is 13.0 Å². The van der Waals surface area contributed by atoms with E-state index < -0.39 is 0 Å². The highest BCUT2D eigenvalue weighted by molar-refractivity contribution is 7.10. The van der Waals surface area contributed by atoms with E-state index in [9.17, 15) is 4.79 Å². The van der Waals surface area contributed by atoms with Gasteiger partial charge in [-0.2, -0.15) is 0 Å². The van der Waals surface area contributed by atoms with E-state index in [1.54, 1.807) is 6.07 Å². The lowest BCUT2D eigenvalue weighted by Crippen LogP contribution is -3.11. The Labute approximate surface area is 145 Å². The molecular weight excluding hydrogens is 318 g/mol. The lowest BCUT2D eigenvalue weighted by Gasteiger charge is -2.30. The Balaban J connectivity index is 1.75. The first kappa shape index (κ1) is 15.6. The lowest BCUT2D eigenvalue weighted by molar-refractivity contribution is -0.945. The van der Waals surface area contributed by atoms with Crippen LogP contribution >= 0.6 is 11.3 Å². The normalized spacial score (nSPS) is 20.3. The Bertz CT molecular complexity index is 969. The van der Waals surface area contributed by atoms with E-state index >= 15 is 0 Å². The zero-order valence-electron chi connectivity index (χ0n) is 14.3.